The lowest BCUT2D eigenvalue weighted by Crippen LogP contribution is -2.54. The summed E-state index contributed by atoms with van der Waals surface area (Å²) in [6.07, 6.45) is 9.29. The van der Waals surface area contributed by atoms with Gasteiger partial charge in [0.15, 0.2) is 0 Å². The average molecular weight is 442 g/mol. The Balaban J connectivity index is 1.36. The van der Waals surface area contributed by atoms with E-state index in [1.807, 2.05) is 30.2 Å². The number of urea groups is 1. The first kappa shape index (κ1) is 21.6. The van der Waals surface area contributed by atoms with E-state index < -0.39 is 0 Å². The van der Waals surface area contributed by atoms with Crippen LogP contribution in [0.25, 0.3) is 11.3 Å². The normalized spacial score (nSPS) is 25.0. The van der Waals surface area contributed by atoms with Crippen LogP contribution in [0.3, 0.4) is 0 Å². The van der Waals surface area contributed by atoms with E-state index in [4.69, 9.17) is 0 Å². The van der Waals surface area contributed by atoms with Crippen LogP contribution in [0, 0.1) is 6.92 Å². The highest BCUT2D eigenvalue weighted by molar-refractivity contribution is 5.96. The van der Waals surface area contributed by atoms with Crippen molar-refractivity contribution in [2.45, 2.75) is 43.7 Å². The molecule has 170 valence electrons. The number of benzene rings is 1. The predicted octanol–water partition coefficient (Wildman–Crippen LogP) is 4.75. The number of aromatic nitrogens is 2. The van der Waals surface area contributed by atoms with Crippen molar-refractivity contribution in [1.82, 2.24) is 20.2 Å². The molecule has 6 heteroatoms. The molecule has 2 amide bonds. The van der Waals surface area contributed by atoms with Crippen molar-refractivity contribution in [3.05, 3.63) is 78.2 Å². The molecule has 2 aliphatic rings. The minimum atomic E-state index is -0.193. The first-order valence-corrected chi connectivity index (χ1v) is 11.6. The van der Waals surface area contributed by atoms with Gasteiger partial charge in [-0.15, -0.1) is 0 Å². The first-order valence-electron chi connectivity index (χ1n) is 11.6. The van der Waals surface area contributed by atoms with Crippen molar-refractivity contribution < 1.29 is 4.79 Å². The van der Waals surface area contributed by atoms with Gasteiger partial charge in [0.2, 0.25) is 0 Å². The second-order valence-electron chi connectivity index (χ2n) is 9.68. The fourth-order valence-corrected chi connectivity index (χ4v) is 5.58. The highest BCUT2D eigenvalue weighted by Crippen LogP contribution is 2.46. The second kappa shape index (κ2) is 8.27. The van der Waals surface area contributed by atoms with Gasteiger partial charge in [0, 0.05) is 23.5 Å². The molecule has 0 radical (unpaired) electrons. The Labute approximate surface area is 195 Å². The van der Waals surface area contributed by atoms with Gasteiger partial charge in [0.1, 0.15) is 0 Å². The Morgan fingerprint density at radius 1 is 1.00 bits per heavy atom. The topological polar surface area (TPSA) is 61.4 Å². The fraction of sp³-hybridized carbons (Fsp3) is 0.370. The van der Waals surface area contributed by atoms with Crippen LogP contribution < -0.4 is 10.2 Å². The molecule has 1 aliphatic carbocycles. The summed E-state index contributed by atoms with van der Waals surface area (Å²) in [6.45, 7) is 2.73. The summed E-state index contributed by atoms with van der Waals surface area (Å²) in [5.74, 6) is 0. The molecule has 1 aliphatic heterocycles. The van der Waals surface area contributed by atoms with E-state index in [0.717, 1.165) is 48.2 Å². The standard InChI is InChI=1S/C27H31N5O/c1-20-17-23(21-9-15-28-16-10-21)29-18-24(20)32-19-26(30-25(32)33)11-13-27(14-12-26,31(2)3)22-7-5-4-6-8-22/h4-10,15-18H,11-14,19H2,1-3H3,(H,30,33). The van der Waals surface area contributed by atoms with Gasteiger partial charge in [-0.1, -0.05) is 30.3 Å². The molecule has 2 aromatic heterocycles. The number of nitrogens with one attached hydrogen (secondary N) is 1. The number of carbonyl (C=O) groups excluding carboxylic acids is 1. The maximum absolute atomic E-state index is 13.1. The molecule has 1 saturated heterocycles. The van der Waals surface area contributed by atoms with Gasteiger partial charge in [-0.25, -0.2) is 4.79 Å². The molecule has 6 nitrogen and oxygen atoms in total. The maximum Gasteiger partial charge on any atom is 0.322 e. The predicted molar refractivity (Wildman–Crippen MR) is 131 cm³/mol. The molecule has 1 aromatic carbocycles. The number of hydrogen-bond donors (Lipinski definition) is 1. The van der Waals surface area contributed by atoms with Crippen molar-refractivity contribution >= 4 is 11.7 Å². The van der Waals surface area contributed by atoms with E-state index in [9.17, 15) is 4.79 Å². The van der Waals surface area contributed by atoms with E-state index >= 15 is 0 Å². The van der Waals surface area contributed by atoms with Crippen LogP contribution >= 0.6 is 0 Å². The summed E-state index contributed by atoms with van der Waals surface area (Å²) in [5.41, 5.74) is 5.02. The zero-order chi connectivity index (χ0) is 23.1. The molecule has 3 heterocycles. The molecule has 0 bridgehead atoms. The second-order valence-corrected chi connectivity index (χ2v) is 9.68. The number of amides is 2. The summed E-state index contributed by atoms with van der Waals surface area (Å²) in [4.78, 5) is 26.1. The summed E-state index contributed by atoms with van der Waals surface area (Å²) in [7, 11) is 4.34. The number of hydrogen-bond acceptors (Lipinski definition) is 4. The van der Waals surface area contributed by atoms with E-state index in [1.165, 1.54) is 5.56 Å². The van der Waals surface area contributed by atoms with E-state index in [1.54, 1.807) is 12.4 Å². The summed E-state index contributed by atoms with van der Waals surface area (Å²) in [6, 6.07) is 16.7. The Bertz CT molecular complexity index is 1140. The fourth-order valence-electron chi connectivity index (χ4n) is 5.58. The van der Waals surface area contributed by atoms with Gasteiger partial charge >= 0.3 is 6.03 Å². The zero-order valence-electron chi connectivity index (χ0n) is 19.6. The minimum Gasteiger partial charge on any atom is -0.330 e. The summed E-state index contributed by atoms with van der Waals surface area (Å²) in [5, 5.41) is 3.35. The molecular weight excluding hydrogens is 410 g/mol. The van der Waals surface area contributed by atoms with Crippen molar-refractivity contribution in [3.63, 3.8) is 0 Å². The molecule has 1 N–H and O–H groups in total. The van der Waals surface area contributed by atoms with Crippen LogP contribution in [0.2, 0.25) is 0 Å². The van der Waals surface area contributed by atoms with Crippen molar-refractivity contribution in [2.24, 2.45) is 0 Å². The van der Waals surface area contributed by atoms with Crippen LogP contribution in [0.15, 0.2) is 67.1 Å². The zero-order valence-corrected chi connectivity index (χ0v) is 19.6. The quantitative estimate of drug-likeness (QED) is 0.635. The molecule has 0 atom stereocenters. The van der Waals surface area contributed by atoms with Gasteiger partial charge in [0.25, 0.3) is 0 Å². The van der Waals surface area contributed by atoms with Crippen LogP contribution in [0.5, 0.6) is 0 Å². The molecule has 33 heavy (non-hydrogen) atoms. The molecular formula is C27H31N5O. The largest absolute Gasteiger partial charge is 0.330 e. The number of rotatable bonds is 4. The molecule has 2 fully saturated rings. The van der Waals surface area contributed by atoms with E-state index in [-0.39, 0.29) is 17.1 Å². The SMILES string of the molecule is Cc1cc(-c2ccncc2)ncc1N1CC2(CCC(c3ccccc3)(N(C)C)CC2)NC1=O. The minimum absolute atomic E-state index is 0.00825. The smallest absolute Gasteiger partial charge is 0.322 e. The lowest BCUT2D eigenvalue weighted by molar-refractivity contribution is 0.0658. The average Bonchev–Trinajstić information content (AvgIpc) is 3.16. The van der Waals surface area contributed by atoms with Gasteiger partial charge in [-0.2, -0.15) is 0 Å². The number of anilines is 1. The third-order valence-corrected chi connectivity index (χ3v) is 7.63. The number of pyridine rings is 2. The molecule has 5 rings (SSSR count). The molecule has 3 aromatic rings. The van der Waals surface area contributed by atoms with Gasteiger partial charge < -0.3 is 5.32 Å². The van der Waals surface area contributed by atoms with Crippen LogP contribution in [-0.4, -0.2) is 47.1 Å². The highest BCUT2D eigenvalue weighted by Gasteiger charge is 2.50. The molecule has 1 saturated carbocycles. The van der Waals surface area contributed by atoms with E-state index in [0.29, 0.717) is 6.54 Å². The summed E-state index contributed by atoms with van der Waals surface area (Å²) >= 11 is 0. The number of nitrogens with zero attached hydrogens (tertiary/aromatic N) is 4. The Morgan fingerprint density at radius 3 is 2.33 bits per heavy atom. The molecule has 0 unspecified atom stereocenters. The Hall–Kier alpha value is -3.25. The van der Waals surface area contributed by atoms with Gasteiger partial charge in [-0.3, -0.25) is 19.8 Å². The highest BCUT2D eigenvalue weighted by atomic mass is 16.2. The monoisotopic (exact) mass is 441 g/mol. The van der Waals surface area contributed by atoms with Crippen LogP contribution in [0.1, 0.15) is 36.8 Å². The lowest BCUT2D eigenvalue weighted by Gasteiger charge is -2.48. The van der Waals surface area contributed by atoms with Crippen LogP contribution in [-0.2, 0) is 5.54 Å². The number of aryl methyl sites for hydroxylation is 1. The maximum atomic E-state index is 13.1. The lowest BCUT2D eigenvalue weighted by atomic mass is 9.69. The third-order valence-electron chi connectivity index (χ3n) is 7.63. The Kier molecular flexibility index (Phi) is 5.41. The van der Waals surface area contributed by atoms with E-state index in [2.05, 4.69) is 70.7 Å². The van der Waals surface area contributed by atoms with Crippen molar-refractivity contribution in [2.75, 3.05) is 25.5 Å². The summed E-state index contributed by atoms with van der Waals surface area (Å²) < 4.78 is 0. The van der Waals surface area contributed by atoms with Gasteiger partial charge in [0.05, 0.1) is 29.7 Å². The van der Waals surface area contributed by atoms with Crippen molar-refractivity contribution in [3.8, 4) is 11.3 Å². The van der Waals surface area contributed by atoms with Gasteiger partial charge in [-0.05, 0) is 76.0 Å². The van der Waals surface area contributed by atoms with Crippen molar-refractivity contribution in [1.29, 1.82) is 0 Å². The molecule has 1 spiro atoms. The first-order chi connectivity index (χ1) is 15.9. The number of carbonyl (C=O) groups is 1. The third kappa shape index (κ3) is 3.78. The van der Waals surface area contributed by atoms with Crippen LogP contribution in [0.4, 0.5) is 10.5 Å². The Morgan fingerprint density at radius 2 is 1.70 bits per heavy atom.